The minimum absolute atomic E-state index is 0.283. The number of benzene rings is 4. The number of rotatable bonds is 7. The number of hydrogen-bond acceptors (Lipinski definition) is 0. The van der Waals surface area contributed by atoms with Gasteiger partial charge >= 0.3 is 193 Å². The van der Waals surface area contributed by atoms with Crippen LogP contribution >= 0.6 is 0 Å². The van der Waals surface area contributed by atoms with E-state index in [0.717, 1.165) is 0 Å². The molecule has 29 heavy (non-hydrogen) atoms. The zero-order valence-corrected chi connectivity index (χ0v) is 20.9. The van der Waals surface area contributed by atoms with E-state index in [2.05, 4.69) is 121 Å². The van der Waals surface area contributed by atoms with Crippen molar-refractivity contribution < 1.29 is 0 Å². The van der Waals surface area contributed by atoms with Crippen LogP contribution < -0.4 is 13.4 Å². The maximum atomic E-state index is 2.28. The van der Waals surface area contributed by atoms with Gasteiger partial charge in [-0.2, -0.15) is 0 Å². The Hall–Kier alpha value is -1.82. The second-order valence-corrected chi connectivity index (χ2v) is 14.4. The molecule has 0 bridgehead atoms. The van der Waals surface area contributed by atoms with E-state index < -0.39 is 0 Å². The van der Waals surface area contributed by atoms with E-state index in [9.17, 15) is 0 Å². The molecule has 0 N–H and O–H groups in total. The molecule has 0 aliphatic rings. The van der Waals surface area contributed by atoms with Crippen molar-refractivity contribution in [3.63, 3.8) is 0 Å². The molecule has 0 nitrogen and oxygen atoms in total. The SMILES string of the molecule is c1ccc([Se]C([Se]c2ccccc2)=C([Se]c2ccccc2)c2ccccc2)cc1. The molecule has 0 aliphatic heterocycles. The molecule has 0 aromatic heterocycles. The van der Waals surface area contributed by atoms with Crippen molar-refractivity contribution in [3.05, 3.63) is 130 Å². The fraction of sp³-hybridized carbons (Fsp3) is 0. The van der Waals surface area contributed by atoms with Crippen LogP contribution in [0.3, 0.4) is 0 Å². The van der Waals surface area contributed by atoms with Gasteiger partial charge in [0, 0.05) is 0 Å². The first kappa shape index (κ1) is 20.5. The van der Waals surface area contributed by atoms with Crippen LogP contribution in [-0.4, -0.2) is 44.9 Å². The standard InChI is InChI=1S/C26H20Se3/c1-5-13-21(14-6-1)25(27-22-15-7-2-8-16-22)26(28-23-17-9-3-10-18-23)29-24-19-11-4-12-20-24/h1-20H. The summed E-state index contributed by atoms with van der Waals surface area (Å²) in [5.74, 6) is 0. The molecular weight excluding hydrogens is 549 g/mol. The van der Waals surface area contributed by atoms with E-state index in [1.807, 2.05) is 0 Å². The van der Waals surface area contributed by atoms with Gasteiger partial charge in [0.2, 0.25) is 0 Å². The van der Waals surface area contributed by atoms with Crippen LogP contribution in [0.4, 0.5) is 0 Å². The Morgan fingerprint density at radius 2 is 0.724 bits per heavy atom. The summed E-state index contributed by atoms with van der Waals surface area (Å²) in [4.78, 5) is 0. The van der Waals surface area contributed by atoms with Gasteiger partial charge in [0.05, 0.1) is 0 Å². The van der Waals surface area contributed by atoms with Crippen LogP contribution in [0.15, 0.2) is 125 Å². The molecule has 3 heteroatoms. The van der Waals surface area contributed by atoms with Gasteiger partial charge in [-0.3, -0.25) is 0 Å². The van der Waals surface area contributed by atoms with Gasteiger partial charge in [0.25, 0.3) is 0 Å². The van der Waals surface area contributed by atoms with Crippen molar-refractivity contribution in [3.8, 4) is 0 Å². The molecule has 0 atom stereocenters. The molecule has 4 rings (SSSR count). The van der Waals surface area contributed by atoms with Crippen LogP contribution in [0.1, 0.15) is 5.56 Å². The van der Waals surface area contributed by atoms with Crippen molar-refractivity contribution in [2.45, 2.75) is 0 Å². The van der Waals surface area contributed by atoms with E-state index in [4.69, 9.17) is 0 Å². The topological polar surface area (TPSA) is 0 Å². The van der Waals surface area contributed by atoms with Crippen LogP contribution in [0.2, 0.25) is 0 Å². The van der Waals surface area contributed by atoms with Crippen molar-refractivity contribution in [1.29, 1.82) is 0 Å². The summed E-state index contributed by atoms with van der Waals surface area (Å²) in [7, 11) is 0. The monoisotopic (exact) mass is 572 g/mol. The first-order chi connectivity index (χ1) is 14.4. The molecule has 0 heterocycles. The summed E-state index contributed by atoms with van der Waals surface area (Å²) < 4.78 is 7.52. The van der Waals surface area contributed by atoms with E-state index in [1.165, 1.54) is 18.9 Å². The van der Waals surface area contributed by atoms with E-state index >= 15 is 0 Å². The zero-order chi connectivity index (χ0) is 19.7. The molecule has 0 fully saturated rings. The summed E-state index contributed by atoms with van der Waals surface area (Å²) in [5, 5.41) is 0. The molecule has 0 radical (unpaired) electrons. The first-order valence-electron chi connectivity index (χ1n) is 9.37. The molecule has 4 aromatic rings. The quantitative estimate of drug-likeness (QED) is 0.300. The van der Waals surface area contributed by atoms with E-state index in [1.54, 1.807) is 7.84 Å². The second-order valence-electron chi connectivity index (χ2n) is 6.23. The Bertz CT molecular complexity index is 1000. The van der Waals surface area contributed by atoms with Crippen LogP contribution in [-0.2, 0) is 0 Å². The molecule has 0 spiro atoms. The van der Waals surface area contributed by atoms with Gasteiger partial charge in [-0.1, -0.05) is 0 Å². The van der Waals surface area contributed by atoms with Gasteiger partial charge in [-0.25, -0.2) is 0 Å². The average Bonchev–Trinajstić information content (AvgIpc) is 2.80. The fourth-order valence-corrected chi connectivity index (χ4v) is 12.0. The van der Waals surface area contributed by atoms with Crippen LogP contribution in [0.5, 0.6) is 0 Å². The predicted octanol–water partition coefficient (Wildman–Crippen LogP) is 3.40. The van der Waals surface area contributed by atoms with E-state index in [-0.39, 0.29) is 15.0 Å². The molecule has 0 saturated heterocycles. The third-order valence-corrected chi connectivity index (χ3v) is 13.4. The third kappa shape index (κ3) is 6.08. The summed E-state index contributed by atoms with van der Waals surface area (Å²) in [6.45, 7) is 0. The zero-order valence-electron chi connectivity index (χ0n) is 15.8. The predicted molar refractivity (Wildman–Crippen MR) is 129 cm³/mol. The Morgan fingerprint density at radius 3 is 1.14 bits per heavy atom. The molecule has 4 aromatic carbocycles. The summed E-state index contributed by atoms with van der Waals surface area (Å²) in [6, 6.07) is 43.9. The molecule has 142 valence electrons. The normalized spacial score (nSPS) is 10.5. The van der Waals surface area contributed by atoms with Gasteiger partial charge in [-0.15, -0.1) is 0 Å². The summed E-state index contributed by atoms with van der Waals surface area (Å²) in [6.07, 6.45) is 0. The van der Waals surface area contributed by atoms with Crippen molar-refractivity contribution in [2.24, 2.45) is 0 Å². The van der Waals surface area contributed by atoms with Crippen LogP contribution in [0.25, 0.3) is 4.47 Å². The summed E-state index contributed by atoms with van der Waals surface area (Å²) in [5.41, 5.74) is 1.38. The Kier molecular flexibility index (Phi) is 7.62. The maximum absolute atomic E-state index is 2.28. The molecule has 0 amide bonds. The van der Waals surface area contributed by atoms with Gasteiger partial charge in [-0.05, 0) is 0 Å². The Balaban J connectivity index is 1.81. The van der Waals surface area contributed by atoms with E-state index in [0.29, 0.717) is 29.9 Å². The summed E-state index contributed by atoms with van der Waals surface area (Å²) >= 11 is 0.919. The molecule has 0 saturated carbocycles. The average molecular weight is 569 g/mol. The Morgan fingerprint density at radius 1 is 0.379 bits per heavy atom. The second kappa shape index (κ2) is 10.8. The minimum atomic E-state index is 0.283. The van der Waals surface area contributed by atoms with Crippen molar-refractivity contribution in [1.82, 2.24) is 0 Å². The first-order valence-corrected chi connectivity index (χ1v) is 14.5. The van der Waals surface area contributed by atoms with Gasteiger partial charge in [0.15, 0.2) is 0 Å². The van der Waals surface area contributed by atoms with Gasteiger partial charge in [0.1, 0.15) is 0 Å². The fourth-order valence-electron chi connectivity index (χ4n) is 2.72. The molecule has 0 unspecified atom stereocenters. The van der Waals surface area contributed by atoms with Crippen molar-refractivity contribution >= 4 is 62.7 Å². The van der Waals surface area contributed by atoms with Crippen LogP contribution in [0, 0.1) is 0 Å². The van der Waals surface area contributed by atoms with Gasteiger partial charge < -0.3 is 0 Å². The van der Waals surface area contributed by atoms with Crippen molar-refractivity contribution in [2.75, 3.05) is 0 Å². The molecule has 0 aliphatic carbocycles. The Labute approximate surface area is 191 Å². The molecular formula is C26H20Se3. The third-order valence-electron chi connectivity index (χ3n) is 4.09. The number of hydrogen-bond donors (Lipinski definition) is 0.